The summed E-state index contributed by atoms with van der Waals surface area (Å²) in [5.74, 6) is -0.502. The Labute approximate surface area is 175 Å². The summed E-state index contributed by atoms with van der Waals surface area (Å²) in [7, 11) is 0. The fourth-order valence-electron chi connectivity index (χ4n) is 4.21. The lowest BCUT2D eigenvalue weighted by molar-refractivity contribution is -0.145. The average Bonchev–Trinajstić information content (AvgIpc) is 3.27. The van der Waals surface area contributed by atoms with Gasteiger partial charge in [-0.05, 0) is 63.3 Å². The van der Waals surface area contributed by atoms with Gasteiger partial charge in [-0.15, -0.1) is 0 Å². The van der Waals surface area contributed by atoms with Gasteiger partial charge >= 0.3 is 5.97 Å². The number of carbonyl (C=O) groups excluding carboxylic acids is 2. The summed E-state index contributed by atoms with van der Waals surface area (Å²) in [6.07, 6.45) is 3.80. The fourth-order valence-corrected chi connectivity index (χ4v) is 4.33. The lowest BCUT2D eigenvalue weighted by Crippen LogP contribution is -2.26. The minimum absolute atomic E-state index is 0.169. The van der Waals surface area contributed by atoms with Crippen LogP contribution in [0.15, 0.2) is 30.3 Å². The van der Waals surface area contributed by atoms with Crippen LogP contribution in [0.4, 0.5) is 0 Å². The molecule has 154 valence electrons. The summed E-state index contributed by atoms with van der Waals surface area (Å²) in [6, 6.07) is 9.15. The number of ether oxygens (including phenoxy) is 2. The van der Waals surface area contributed by atoms with Crippen LogP contribution in [0.5, 0.6) is 0 Å². The first-order valence-corrected chi connectivity index (χ1v) is 10.5. The number of benzene rings is 1. The third-order valence-electron chi connectivity index (χ3n) is 6.16. The van der Waals surface area contributed by atoms with Gasteiger partial charge in [-0.1, -0.05) is 23.7 Å². The van der Waals surface area contributed by atoms with Crippen molar-refractivity contribution >= 4 is 23.4 Å². The monoisotopic (exact) mass is 415 g/mol. The highest BCUT2D eigenvalue weighted by Crippen LogP contribution is 2.49. The van der Waals surface area contributed by atoms with Crippen molar-refractivity contribution < 1.29 is 19.1 Å². The molecule has 1 saturated heterocycles. The van der Waals surface area contributed by atoms with Gasteiger partial charge in [0.1, 0.15) is 0 Å². The van der Waals surface area contributed by atoms with Crippen molar-refractivity contribution in [1.29, 1.82) is 0 Å². The second kappa shape index (κ2) is 7.96. The molecular weight excluding hydrogens is 390 g/mol. The van der Waals surface area contributed by atoms with Crippen molar-refractivity contribution in [2.45, 2.75) is 57.6 Å². The molecule has 0 radical (unpaired) electrons. The van der Waals surface area contributed by atoms with Gasteiger partial charge < -0.3 is 14.0 Å². The highest BCUT2D eigenvalue weighted by Gasteiger charge is 2.52. The average molecular weight is 416 g/mol. The number of hydrogen-bond acceptors (Lipinski definition) is 4. The first kappa shape index (κ1) is 20.2. The van der Waals surface area contributed by atoms with Gasteiger partial charge in [0.15, 0.2) is 6.61 Å². The minimum Gasteiger partial charge on any atom is -0.457 e. The molecule has 5 nitrogen and oxygen atoms in total. The molecular formula is C23H26ClNO4. The first-order valence-electron chi connectivity index (χ1n) is 10.2. The molecule has 0 bridgehead atoms. The van der Waals surface area contributed by atoms with E-state index in [9.17, 15) is 9.59 Å². The van der Waals surface area contributed by atoms with Crippen molar-refractivity contribution in [3.63, 3.8) is 0 Å². The molecule has 29 heavy (non-hydrogen) atoms. The summed E-state index contributed by atoms with van der Waals surface area (Å²) in [5, 5.41) is 0.631. The van der Waals surface area contributed by atoms with E-state index in [0.717, 1.165) is 55.8 Å². The number of ketones is 1. The molecule has 2 aliphatic rings. The van der Waals surface area contributed by atoms with E-state index in [1.54, 1.807) is 12.1 Å². The molecule has 2 aromatic rings. The van der Waals surface area contributed by atoms with Crippen LogP contribution in [0, 0.1) is 13.8 Å². The van der Waals surface area contributed by atoms with Gasteiger partial charge in [-0.25, -0.2) is 0 Å². The van der Waals surface area contributed by atoms with Crippen LogP contribution in [0.2, 0.25) is 5.02 Å². The molecule has 0 N–H and O–H groups in total. The minimum atomic E-state index is -0.623. The molecule has 1 aliphatic carbocycles. The van der Waals surface area contributed by atoms with Gasteiger partial charge in [0, 0.05) is 35.1 Å². The first-order chi connectivity index (χ1) is 13.9. The highest BCUT2D eigenvalue weighted by molar-refractivity contribution is 6.30. The Hall–Kier alpha value is -2.11. The number of halogens is 1. The summed E-state index contributed by atoms with van der Waals surface area (Å²) in [4.78, 5) is 25.5. The zero-order chi connectivity index (χ0) is 20.6. The zero-order valence-electron chi connectivity index (χ0n) is 16.9. The van der Waals surface area contributed by atoms with Crippen LogP contribution in [0.1, 0.15) is 53.0 Å². The molecule has 6 heteroatoms. The quantitative estimate of drug-likeness (QED) is 0.497. The second-order valence-electron chi connectivity index (χ2n) is 8.12. The molecule has 2 heterocycles. The Morgan fingerprint density at radius 2 is 1.97 bits per heavy atom. The van der Waals surface area contributed by atoms with E-state index in [2.05, 4.69) is 4.57 Å². The normalized spacial score (nSPS) is 19.9. The van der Waals surface area contributed by atoms with E-state index in [4.69, 9.17) is 21.1 Å². The summed E-state index contributed by atoms with van der Waals surface area (Å²) in [5.41, 5.74) is 2.81. The number of Topliss-reactive ketones (excluding diaryl/α,β-unsaturated/α-hetero) is 1. The van der Waals surface area contributed by atoms with Crippen molar-refractivity contribution in [3.8, 4) is 0 Å². The van der Waals surface area contributed by atoms with E-state index in [-0.39, 0.29) is 24.5 Å². The summed E-state index contributed by atoms with van der Waals surface area (Å²) >= 11 is 5.94. The molecule has 2 fully saturated rings. The zero-order valence-corrected chi connectivity index (χ0v) is 17.6. The highest BCUT2D eigenvalue weighted by atomic mass is 35.5. The van der Waals surface area contributed by atoms with Crippen LogP contribution >= 0.6 is 11.6 Å². The molecule has 1 atom stereocenters. The van der Waals surface area contributed by atoms with E-state index in [1.165, 1.54) is 0 Å². The van der Waals surface area contributed by atoms with Crippen molar-refractivity contribution in [3.05, 3.63) is 57.9 Å². The number of rotatable bonds is 7. The maximum atomic E-state index is 12.8. The van der Waals surface area contributed by atoms with Crippen molar-refractivity contribution in [2.75, 3.05) is 13.2 Å². The molecule has 1 saturated carbocycles. The molecule has 4 rings (SSSR count). The summed E-state index contributed by atoms with van der Waals surface area (Å²) < 4.78 is 13.3. The Balaban J connectivity index is 1.41. The summed E-state index contributed by atoms with van der Waals surface area (Å²) in [6.45, 7) is 5.25. The predicted octanol–water partition coefficient (Wildman–Crippen LogP) is 4.40. The van der Waals surface area contributed by atoms with Crippen LogP contribution in [-0.2, 0) is 26.2 Å². The van der Waals surface area contributed by atoms with E-state index < -0.39 is 5.41 Å². The third kappa shape index (κ3) is 3.99. The van der Waals surface area contributed by atoms with Gasteiger partial charge in [-0.3, -0.25) is 9.59 Å². The maximum Gasteiger partial charge on any atom is 0.317 e. The number of carbonyl (C=O) groups is 2. The van der Waals surface area contributed by atoms with Crippen LogP contribution in [-0.4, -0.2) is 35.6 Å². The molecule has 0 spiro atoms. The molecule has 1 aromatic heterocycles. The SMILES string of the molecule is Cc1cc(C(=O)COC(=O)C2(c3ccc(Cl)cc3)CC2)c(C)n1C[C@@H]1CCCO1. The van der Waals surface area contributed by atoms with Crippen LogP contribution in [0.25, 0.3) is 0 Å². The Morgan fingerprint density at radius 3 is 2.59 bits per heavy atom. The lowest BCUT2D eigenvalue weighted by Gasteiger charge is -2.15. The van der Waals surface area contributed by atoms with Crippen molar-refractivity contribution in [2.24, 2.45) is 0 Å². The van der Waals surface area contributed by atoms with Crippen LogP contribution in [0.3, 0.4) is 0 Å². The van der Waals surface area contributed by atoms with E-state index in [1.807, 2.05) is 32.0 Å². The topological polar surface area (TPSA) is 57.5 Å². The van der Waals surface area contributed by atoms with Gasteiger partial charge in [0.25, 0.3) is 0 Å². The number of hydrogen-bond donors (Lipinski definition) is 0. The second-order valence-corrected chi connectivity index (χ2v) is 8.56. The number of aryl methyl sites for hydroxylation is 1. The molecule has 1 aromatic carbocycles. The number of esters is 1. The van der Waals surface area contributed by atoms with Gasteiger partial charge in [0.05, 0.1) is 11.5 Å². The van der Waals surface area contributed by atoms with Gasteiger partial charge in [-0.2, -0.15) is 0 Å². The van der Waals surface area contributed by atoms with E-state index in [0.29, 0.717) is 10.6 Å². The number of aromatic nitrogens is 1. The predicted molar refractivity (Wildman–Crippen MR) is 111 cm³/mol. The van der Waals surface area contributed by atoms with Crippen molar-refractivity contribution in [1.82, 2.24) is 4.57 Å². The van der Waals surface area contributed by atoms with Gasteiger partial charge in [0.2, 0.25) is 5.78 Å². The molecule has 0 unspecified atom stereocenters. The molecule has 0 amide bonds. The van der Waals surface area contributed by atoms with Crippen LogP contribution < -0.4 is 0 Å². The lowest BCUT2D eigenvalue weighted by atomic mass is 9.96. The smallest absolute Gasteiger partial charge is 0.317 e. The largest absolute Gasteiger partial charge is 0.457 e. The maximum absolute atomic E-state index is 12.8. The fraction of sp³-hybridized carbons (Fsp3) is 0.478. The van der Waals surface area contributed by atoms with E-state index >= 15 is 0 Å². The Bertz CT molecular complexity index is 921. The Kier molecular flexibility index (Phi) is 5.54. The standard InChI is InChI=1S/C23H26ClNO4/c1-15-12-20(16(2)25(15)13-19-4-3-11-28-19)21(26)14-29-22(27)23(9-10-23)17-5-7-18(24)8-6-17/h5-8,12,19H,3-4,9-11,13-14H2,1-2H3/t19-/m0/s1. The Morgan fingerprint density at radius 1 is 1.24 bits per heavy atom. The number of nitrogens with zero attached hydrogens (tertiary/aromatic N) is 1. The third-order valence-corrected chi connectivity index (χ3v) is 6.41. The molecule has 1 aliphatic heterocycles.